The Labute approximate surface area is 159 Å². The van der Waals surface area contributed by atoms with Gasteiger partial charge in [0.1, 0.15) is 6.04 Å². The third kappa shape index (κ3) is 4.93. The Hall–Kier alpha value is -2.70. The average Bonchev–Trinajstić information content (AvgIpc) is 2.71. The van der Waals surface area contributed by atoms with Gasteiger partial charge >= 0.3 is 5.97 Å². The monoisotopic (exact) mass is 377 g/mol. The van der Waals surface area contributed by atoms with E-state index in [1.165, 1.54) is 27.4 Å². The fourth-order valence-electron chi connectivity index (χ4n) is 3.14. The lowest BCUT2D eigenvalue weighted by atomic mass is 10.0. The van der Waals surface area contributed by atoms with E-state index in [0.29, 0.717) is 36.8 Å². The van der Waals surface area contributed by atoms with E-state index in [1.807, 2.05) is 0 Å². The Morgan fingerprint density at radius 1 is 1.11 bits per heavy atom. The number of likely N-dealkylation sites (tertiary alicyclic amines) is 1. The largest absolute Gasteiger partial charge is 0.493 e. The number of methoxy groups -OCH3 is 3. The van der Waals surface area contributed by atoms with E-state index in [0.717, 1.165) is 18.4 Å². The number of esters is 1. The summed E-state index contributed by atoms with van der Waals surface area (Å²) in [7, 11) is 4.60. The normalized spacial score (nSPS) is 16.9. The van der Waals surface area contributed by atoms with Gasteiger partial charge in [0.25, 0.3) is 0 Å². The number of carbonyl (C=O) groups is 2. The lowest BCUT2D eigenvalue weighted by molar-refractivity contribution is -0.155. The second-order valence-corrected chi connectivity index (χ2v) is 6.09. The molecule has 0 N–H and O–H groups in total. The molecule has 27 heavy (non-hydrogen) atoms. The van der Waals surface area contributed by atoms with Crippen LogP contribution in [0.25, 0.3) is 6.08 Å². The quantitative estimate of drug-likeness (QED) is 0.537. The molecule has 2 rings (SSSR count). The van der Waals surface area contributed by atoms with Gasteiger partial charge in [-0.25, -0.2) is 4.79 Å². The first-order valence-electron chi connectivity index (χ1n) is 9.01. The van der Waals surface area contributed by atoms with Crippen molar-refractivity contribution in [3.05, 3.63) is 23.8 Å². The summed E-state index contributed by atoms with van der Waals surface area (Å²) in [6, 6.07) is 2.99. The zero-order valence-corrected chi connectivity index (χ0v) is 16.3. The van der Waals surface area contributed by atoms with Gasteiger partial charge in [0.15, 0.2) is 11.5 Å². The van der Waals surface area contributed by atoms with Crippen molar-refractivity contribution in [2.45, 2.75) is 32.2 Å². The van der Waals surface area contributed by atoms with Crippen LogP contribution >= 0.6 is 0 Å². The van der Waals surface area contributed by atoms with Gasteiger partial charge in [0, 0.05) is 12.6 Å². The molecule has 1 aliphatic rings. The molecule has 0 aliphatic carbocycles. The zero-order valence-electron chi connectivity index (χ0n) is 16.3. The first kappa shape index (κ1) is 20.6. The summed E-state index contributed by atoms with van der Waals surface area (Å²) in [5.74, 6) is 0.938. The fourth-order valence-corrected chi connectivity index (χ4v) is 3.14. The Morgan fingerprint density at radius 3 is 2.33 bits per heavy atom. The summed E-state index contributed by atoms with van der Waals surface area (Å²) >= 11 is 0. The van der Waals surface area contributed by atoms with Crippen molar-refractivity contribution in [3.63, 3.8) is 0 Å². The number of hydrogen-bond acceptors (Lipinski definition) is 6. The van der Waals surface area contributed by atoms with E-state index >= 15 is 0 Å². The van der Waals surface area contributed by atoms with Crippen LogP contribution in [0, 0.1) is 0 Å². The molecule has 1 amide bonds. The molecule has 7 nitrogen and oxygen atoms in total. The van der Waals surface area contributed by atoms with Crippen LogP contribution in [0.3, 0.4) is 0 Å². The molecule has 1 aromatic rings. The molecule has 7 heteroatoms. The van der Waals surface area contributed by atoms with Gasteiger partial charge in [-0.15, -0.1) is 0 Å². The maximum absolute atomic E-state index is 12.7. The first-order chi connectivity index (χ1) is 13.0. The van der Waals surface area contributed by atoms with Crippen molar-refractivity contribution < 1.29 is 28.5 Å². The lowest BCUT2D eigenvalue weighted by Crippen LogP contribution is -2.48. The predicted molar refractivity (Wildman–Crippen MR) is 101 cm³/mol. The van der Waals surface area contributed by atoms with Crippen LogP contribution in [-0.2, 0) is 14.3 Å². The van der Waals surface area contributed by atoms with E-state index in [1.54, 1.807) is 30.0 Å². The third-order valence-electron chi connectivity index (χ3n) is 4.45. The van der Waals surface area contributed by atoms with E-state index in [2.05, 4.69) is 0 Å². The number of rotatable bonds is 7. The Morgan fingerprint density at radius 2 is 1.78 bits per heavy atom. The van der Waals surface area contributed by atoms with Crippen LogP contribution in [0.2, 0.25) is 0 Å². The molecule has 0 radical (unpaired) electrons. The van der Waals surface area contributed by atoms with Gasteiger partial charge in [-0.3, -0.25) is 4.79 Å². The number of hydrogen-bond donors (Lipinski definition) is 0. The minimum absolute atomic E-state index is 0.221. The molecule has 1 unspecified atom stereocenters. The Balaban J connectivity index is 2.20. The molecule has 1 aliphatic heterocycles. The number of ether oxygens (including phenoxy) is 4. The minimum atomic E-state index is -0.518. The van der Waals surface area contributed by atoms with Crippen molar-refractivity contribution in [2.75, 3.05) is 34.5 Å². The molecule has 1 fully saturated rings. The smallest absolute Gasteiger partial charge is 0.328 e. The summed E-state index contributed by atoms with van der Waals surface area (Å²) in [5.41, 5.74) is 0.725. The highest BCUT2D eigenvalue weighted by Crippen LogP contribution is 2.38. The van der Waals surface area contributed by atoms with E-state index in [9.17, 15) is 9.59 Å². The summed E-state index contributed by atoms with van der Waals surface area (Å²) in [6.45, 7) is 2.61. The van der Waals surface area contributed by atoms with Gasteiger partial charge in [0.2, 0.25) is 11.7 Å². The molecule has 0 aromatic heterocycles. The van der Waals surface area contributed by atoms with E-state index < -0.39 is 6.04 Å². The molecule has 1 saturated heterocycles. The van der Waals surface area contributed by atoms with Crippen LogP contribution < -0.4 is 14.2 Å². The zero-order chi connectivity index (χ0) is 19.8. The highest BCUT2D eigenvalue weighted by atomic mass is 16.5. The van der Waals surface area contributed by atoms with Gasteiger partial charge in [-0.05, 0) is 50.0 Å². The molecule has 148 valence electrons. The first-order valence-corrected chi connectivity index (χ1v) is 9.01. The number of amides is 1. The highest BCUT2D eigenvalue weighted by Gasteiger charge is 2.32. The standard InChI is InChI=1S/C20H27NO6/c1-5-27-20(23)15-8-6-7-11-21(15)18(22)10-9-14-12-16(24-2)19(26-4)17(13-14)25-3/h9-10,12-13,15H,5-8,11H2,1-4H3/b10-9+. The fraction of sp³-hybridized carbons (Fsp3) is 0.500. The van der Waals surface area contributed by atoms with Crippen LogP contribution in [0.4, 0.5) is 0 Å². The van der Waals surface area contributed by atoms with Crippen molar-refractivity contribution >= 4 is 18.0 Å². The number of piperidine rings is 1. The molecule has 0 spiro atoms. The van der Waals surface area contributed by atoms with Gasteiger partial charge < -0.3 is 23.8 Å². The van der Waals surface area contributed by atoms with Gasteiger partial charge in [-0.2, -0.15) is 0 Å². The summed E-state index contributed by atoms with van der Waals surface area (Å²) < 4.78 is 21.0. The molecule has 0 bridgehead atoms. The minimum Gasteiger partial charge on any atom is -0.493 e. The van der Waals surface area contributed by atoms with Crippen molar-refractivity contribution in [2.24, 2.45) is 0 Å². The summed E-state index contributed by atoms with van der Waals surface area (Å²) in [4.78, 5) is 26.4. The molecular formula is C20H27NO6. The van der Waals surface area contributed by atoms with Gasteiger partial charge in [0.05, 0.1) is 27.9 Å². The van der Waals surface area contributed by atoms with Crippen LogP contribution in [0.15, 0.2) is 18.2 Å². The van der Waals surface area contributed by atoms with Gasteiger partial charge in [-0.1, -0.05) is 0 Å². The Kier molecular flexibility index (Phi) is 7.52. The molecule has 1 heterocycles. The van der Waals surface area contributed by atoms with Crippen LogP contribution in [0.5, 0.6) is 17.2 Å². The maximum Gasteiger partial charge on any atom is 0.328 e. The van der Waals surface area contributed by atoms with Crippen molar-refractivity contribution in [3.8, 4) is 17.2 Å². The van der Waals surface area contributed by atoms with E-state index in [4.69, 9.17) is 18.9 Å². The predicted octanol–water partition coefficient (Wildman–Crippen LogP) is 2.67. The lowest BCUT2D eigenvalue weighted by Gasteiger charge is -2.33. The second kappa shape index (κ2) is 9.85. The Bertz CT molecular complexity index is 675. The average molecular weight is 377 g/mol. The molecule has 0 saturated carbocycles. The molecular weight excluding hydrogens is 350 g/mol. The number of nitrogens with zero attached hydrogens (tertiary/aromatic N) is 1. The van der Waals surface area contributed by atoms with Crippen molar-refractivity contribution in [1.82, 2.24) is 4.90 Å². The van der Waals surface area contributed by atoms with Crippen LogP contribution in [-0.4, -0.2) is 57.3 Å². The van der Waals surface area contributed by atoms with Crippen LogP contribution in [0.1, 0.15) is 31.7 Å². The number of benzene rings is 1. The maximum atomic E-state index is 12.7. The highest BCUT2D eigenvalue weighted by molar-refractivity contribution is 5.95. The topological polar surface area (TPSA) is 74.3 Å². The SMILES string of the molecule is CCOC(=O)C1CCCCN1C(=O)/C=C/c1cc(OC)c(OC)c(OC)c1. The second-order valence-electron chi connectivity index (χ2n) is 6.09. The number of carbonyl (C=O) groups excluding carboxylic acids is 2. The van der Waals surface area contributed by atoms with E-state index in [-0.39, 0.29) is 11.9 Å². The molecule has 1 atom stereocenters. The summed E-state index contributed by atoms with van der Waals surface area (Å²) in [5, 5.41) is 0. The van der Waals surface area contributed by atoms with Crippen molar-refractivity contribution in [1.29, 1.82) is 0 Å². The third-order valence-corrected chi connectivity index (χ3v) is 4.45. The molecule has 1 aromatic carbocycles. The summed E-state index contributed by atoms with van der Waals surface area (Å²) in [6.07, 6.45) is 5.54.